The fourth-order valence-electron chi connectivity index (χ4n) is 4.38. The zero-order chi connectivity index (χ0) is 22.1. The normalized spacial score (nSPS) is 16.3. The van der Waals surface area contributed by atoms with E-state index in [0.717, 1.165) is 41.8 Å². The summed E-state index contributed by atoms with van der Waals surface area (Å²) >= 11 is 0. The van der Waals surface area contributed by atoms with Crippen molar-refractivity contribution in [3.63, 3.8) is 0 Å². The molecule has 4 aromatic rings. The van der Waals surface area contributed by atoms with Crippen molar-refractivity contribution in [1.29, 1.82) is 0 Å². The summed E-state index contributed by atoms with van der Waals surface area (Å²) in [6, 6.07) is 9.99. The van der Waals surface area contributed by atoms with Gasteiger partial charge < -0.3 is 10.6 Å². The Bertz CT molecular complexity index is 1400. The fraction of sp³-hybridized carbons (Fsp3) is 0.333. The number of rotatable bonds is 4. The van der Waals surface area contributed by atoms with E-state index in [2.05, 4.69) is 26.8 Å². The van der Waals surface area contributed by atoms with Gasteiger partial charge in [-0.15, -0.1) is 5.92 Å². The van der Waals surface area contributed by atoms with E-state index in [0.29, 0.717) is 30.7 Å². The van der Waals surface area contributed by atoms with Gasteiger partial charge in [-0.1, -0.05) is 30.2 Å². The second kappa shape index (κ2) is 8.44. The fourth-order valence-corrected chi connectivity index (χ4v) is 4.38. The molecule has 8 heteroatoms. The Morgan fingerprint density at radius 1 is 1.25 bits per heavy atom. The van der Waals surface area contributed by atoms with E-state index in [1.54, 1.807) is 19.3 Å². The van der Waals surface area contributed by atoms with Gasteiger partial charge in [-0.2, -0.15) is 5.10 Å². The van der Waals surface area contributed by atoms with Crippen LogP contribution < -0.4 is 16.2 Å². The van der Waals surface area contributed by atoms with Crippen LogP contribution in [0.15, 0.2) is 47.5 Å². The molecular weight excluding hydrogens is 402 g/mol. The Morgan fingerprint density at radius 3 is 2.97 bits per heavy atom. The maximum absolute atomic E-state index is 13.5. The van der Waals surface area contributed by atoms with Crippen LogP contribution in [0.5, 0.6) is 0 Å². The van der Waals surface area contributed by atoms with Gasteiger partial charge in [0.25, 0.3) is 5.56 Å². The van der Waals surface area contributed by atoms with Crippen molar-refractivity contribution < 1.29 is 0 Å². The molecule has 8 nitrogen and oxygen atoms in total. The molecule has 0 aliphatic carbocycles. The summed E-state index contributed by atoms with van der Waals surface area (Å²) < 4.78 is 3.39. The number of fused-ring (bicyclic) bond motifs is 2. The second-order valence-corrected chi connectivity index (χ2v) is 8.11. The monoisotopic (exact) mass is 427 g/mol. The first-order chi connectivity index (χ1) is 15.7. The van der Waals surface area contributed by atoms with Gasteiger partial charge in [0.1, 0.15) is 11.0 Å². The number of nitrogens with zero attached hydrogens (tertiary/aromatic N) is 6. The van der Waals surface area contributed by atoms with Gasteiger partial charge in [-0.05, 0) is 31.4 Å². The average Bonchev–Trinajstić information content (AvgIpc) is 3.19. The molecule has 1 saturated heterocycles. The molecule has 1 aliphatic heterocycles. The molecule has 1 unspecified atom stereocenters. The lowest BCUT2D eigenvalue weighted by Crippen LogP contribution is -2.44. The molecule has 5 rings (SSSR count). The summed E-state index contributed by atoms with van der Waals surface area (Å²) in [5.74, 6) is 6.76. The Hall–Kier alpha value is -3.70. The first-order valence-electron chi connectivity index (χ1n) is 10.8. The summed E-state index contributed by atoms with van der Waals surface area (Å²) in [4.78, 5) is 25.0. The van der Waals surface area contributed by atoms with Crippen LogP contribution in [0.25, 0.3) is 21.9 Å². The molecule has 4 heterocycles. The number of benzene rings is 1. The lowest BCUT2D eigenvalue weighted by atomic mass is 10.1. The maximum atomic E-state index is 13.5. The van der Waals surface area contributed by atoms with Crippen molar-refractivity contribution in [3.8, 4) is 11.8 Å². The minimum atomic E-state index is -0.187. The number of nitrogens with two attached hydrogens (primary N) is 1. The Labute approximate surface area is 185 Å². The first kappa shape index (κ1) is 20.2. The number of imidazole rings is 1. The molecule has 1 atom stereocenters. The molecule has 0 bridgehead atoms. The lowest BCUT2D eigenvalue weighted by Gasteiger charge is -2.31. The highest BCUT2D eigenvalue weighted by Crippen LogP contribution is 2.23. The van der Waals surface area contributed by atoms with Crippen molar-refractivity contribution in [2.24, 2.45) is 5.73 Å². The smallest absolute Gasteiger partial charge is 0.293 e. The molecular formula is C24H25N7O. The molecule has 0 amide bonds. The molecule has 2 N–H and O–H groups in total. The third kappa shape index (κ3) is 3.61. The first-order valence-corrected chi connectivity index (χ1v) is 10.8. The van der Waals surface area contributed by atoms with Crippen LogP contribution in [0.1, 0.15) is 25.3 Å². The van der Waals surface area contributed by atoms with Crippen LogP contribution >= 0.6 is 0 Å². The quantitative estimate of drug-likeness (QED) is 0.502. The molecule has 1 aromatic carbocycles. The van der Waals surface area contributed by atoms with E-state index in [9.17, 15) is 4.79 Å². The van der Waals surface area contributed by atoms with Crippen LogP contribution in [0.2, 0.25) is 0 Å². The van der Waals surface area contributed by atoms with Crippen LogP contribution in [0, 0.1) is 11.8 Å². The van der Waals surface area contributed by atoms with Crippen molar-refractivity contribution in [3.05, 3.63) is 58.6 Å². The van der Waals surface area contributed by atoms with E-state index in [1.165, 1.54) is 4.68 Å². The predicted molar refractivity (Wildman–Crippen MR) is 126 cm³/mol. The van der Waals surface area contributed by atoms with Gasteiger partial charge in [-0.25, -0.2) is 9.67 Å². The molecule has 3 aromatic heterocycles. The summed E-state index contributed by atoms with van der Waals surface area (Å²) in [7, 11) is 0. The molecule has 32 heavy (non-hydrogen) atoms. The molecule has 162 valence electrons. The molecule has 0 radical (unpaired) electrons. The Morgan fingerprint density at radius 2 is 2.12 bits per heavy atom. The topological polar surface area (TPSA) is 94.9 Å². The van der Waals surface area contributed by atoms with Gasteiger partial charge in [0.2, 0.25) is 5.95 Å². The largest absolute Gasteiger partial charge is 0.341 e. The third-order valence-electron chi connectivity index (χ3n) is 5.92. The van der Waals surface area contributed by atoms with E-state index >= 15 is 0 Å². The minimum Gasteiger partial charge on any atom is -0.341 e. The van der Waals surface area contributed by atoms with Gasteiger partial charge in [0, 0.05) is 30.7 Å². The molecule has 0 spiro atoms. The predicted octanol–water partition coefficient (Wildman–Crippen LogP) is 2.14. The van der Waals surface area contributed by atoms with Gasteiger partial charge in [0.15, 0.2) is 0 Å². The van der Waals surface area contributed by atoms with Crippen molar-refractivity contribution in [1.82, 2.24) is 24.3 Å². The zero-order valence-electron chi connectivity index (χ0n) is 18.0. The minimum absolute atomic E-state index is 0.0999. The third-order valence-corrected chi connectivity index (χ3v) is 5.92. The van der Waals surface area contributed by atoms with E-state index < -0.39 is 0 Å². The number of hydrogen-bond donors (Lipinski definition) is 1. The van der Waals surface area contributed by atoms with Gasteiger partial charge >= 0.3 is 0 Å². The van der Waals surface area contributed by atoms with Crippen molar-refractivity contribution in [2.75, 3.05) is 18.0 Å². The zero-order valence-corrected chi connectivity index (χ0v) is 18.0. The standard InChI is InChI=1S/C24H25N7O/c1-2-3-13-30-22-20(28-24(30)29-12-6-10-19(25)16-29)14-27-31(23(22)32)15-18-8-4-7-17-9-5-11-26-21(17)18/h4-5,7-9,11,14,19H,6,10,12-13,15-16,25H2,1H3. The summed E-state index contributed by atoms with van der Waals surface area (Å²) in [5.41, 5.74) is 8.93. The Kier molecular flexibility index (Phi) is 5.33. The maximum Gasteiger partial charge on any atom is 0.293 e. The summed E-state index contributed by atoms with van der Waals surface area (Å²) in [6.45, 7) is 4.09. The highest BCUT2D eigenvalue weighted by Gasteiger charge is 2.24. The molecule has 0 saturated carbocycles. The SMILES string of the molecule is CC#CCn1c(N2CCCC(N)C2)nc2cnn(Cc3cccc4cccnc34)c(=O)c21. The summed E-state index contributed by atoms with van der Waals surface area (Å²) in [6.07, 6.45) is 5.43. The number of para-hydroxylation sites is 1. The number of pyridine rings is 1. The number of hydrogen-bond acceptors (Lipinski definition) is 6. The molecule has 1 fully saturated rings. The van der Waals surface area contributed by atoms with Crippen LogP contribution in [-0.4, -0.2) is 43.4 Å². The van der Waals surface area contributed by atoms with Crippen molar-refractivity contribution >= 4 is 27.9 Å². The van der Waals surface area contributed by atoms with E-state index in [1.807, 2.05) is 34.9 Å². The van der Waals surface area contributed by atoms with Crippen LogP contribution in [-0.2, 0) is 13.1 Å². The average molecular weight is 428 g/mol. The van der Waals surface area contributed by atoms with E-state index in [-0.39, 0.29) is 11.6 Å². The van der Waals surface area contributed by atoms with Gasteiger partial charge in [-0.3, -0.25) is 14.3 Å². The second-order valence-electron chi connectivity index (χ2n) is 8.11. The highest BCUT2D eigenvalue weighted by atomic mass is 16.1. The van der Waals surface area contributed by atoms with Crippen LogP contribution in [0.4, 0.5) is 5.95 Å². The van der Waals surface area contributed by atoms with Crippen molar-refractivity contribution in [2.45, 2.75) is 38.9 Å². The molecule has 1 aliphatic rings. The lowest BCUT2D eigenvalue weighted by molar-refractivity contribution is 0.496. The van der Waals surface area contributed by atoms with Crippen LogP contribution in [0.3, 0.4) is 0 Å². The summed E-state index contributed by atoms with van der Waals surface area (Å²) in [5, 5.41) is 5.46. The van der Waals surface area contributed by atoms with Gasteiger partial charge in [0.05, 0.1) is 24.8 Å². The highest BCUT2D eigenvalue weighted by molar-refractivity contribution is 5.81. The Balaban J connectivity index is 1.62. The number of aromatic nitrogens is 5. The number of anilines is 1. The van der Waals surface area contributed by atoms with E-state index in [4.69, 9.17) is 10.7 Å². The number of piperidine rings is 1.